The predicted octanol–water partition coefficient (Wildman–Crippen LogP) is 1.08. The average molecular weight is 314 g/mol. The van der Waals surface area contributed by atoms with Crippen molar-refractivity contribution < 1.29 is 19.5 Å². The summed E-state index contributed by atoms with van der Waals surface area (Å²) in [5.74, 6) is -1.52. The van der Waals surface area contributed by atoms with Gasteiger partial charge in [0.25, 0.3) is 0 Å². The molecule has 0 saturated carbocycles. The SMILES string of the molecule is CNC(=O)NC(=O)CCN(CC(=O)O)c1cccc(Cl)c1. The van der Waals surface area contributed by atoms with Crippen molar-refractivity contribution in [1.29, 1.82) is 0 Å². The summed E-state index contributed by atoms with van der Waals surface area (Å²) < 4.78 is 0. The molecular formula is C13H16ClN3O4. The van der Waals surface area contributed by atoms with Gasteiger partial charge < -0.3 is 15.3 Å². The third-order valence-corrected chi connectivity index (χ3v) is 2.82. The summed E-state index contributed by atoms with van der Waals surface area (Å²) in [5, 5.41) is 13.8. The molecule has 3 amide bonds. The van der Waals surface area contributed by atoms with Crippen molar-refractivity contribution in [2.45, 2.75) is 6.42 Å². The van der Waals surface area contributed by atoms with Gasteiger partial charge in [-0.05, 0) is 18.2 Å². The highest BCUT2D eigenvalue weighted by Crippen LogP contribution is 2.19. The second kappa shape index (κ2) is 8.11. The summed E-state index contributed by atoms with van der Waals surface area (Å²) in [4.78, 5) is 34.9. The molecule has 0 radical (unpaired) electrons. The Morgan fingerprint density at radius 1 is 1.33 bits per heavy atom. The summed E-state index contributed by atoms with van der Waals surface area (Å²) >= 11 is 5.87. The molecule has 0 unspecified atom stereocenters. The third-order valence-electron chi connectivity index (χ3n) is 2.59. The smallest absolute Gasteiger partial charge is 0.323 e. The van der Waals surface area contributed by atoms with Gasteiger partial charge in [-0.1, -0.05) is 17.7 Å². The molecule has 3 N–H and O–H groups in total. The highest BCUT2D eigenvalue weighted by atomic mass is 35.5. The van der Waals surface area contributed by atoms with Crippen LogP contribution in [0.1, 0.15) is 6.42 Å². The van der Waals surface area contributed by atoms with Crippen LogP contribution in [0, 0.1) is 0 Å². The molecule has 8 heteroatoms. The fourth-order valence-corrected chi connectivity index (χ4v) is 1.81. The number of hydrogen-bond acceptors (Lipinski definition) is 4. The first-order chi connectivity index (χ1) is 9.92. The molecule has 0 aliphatic heterocycles. The number of amides is 3. The monoisotopic (exact) mass is 313 g/mol. The molecule has 1 aromatic carbocycles. The van der Waals surface area contributed by atoms with E-state index in [1.165, 1.54) is 11.9 Å². The number of imide groups is 1. The van der Waals surface area contributed by atoms with E-state index in [1.54, 1.807) is 24.3 Å². The first-order valence-corrected chi connectivity index (χ1v) is 6.54. The van der Waals surface area contributed by atoms with Crippen molar-refractivity contribution in [3.05, 3.63) is 29.3 Å². The number of rotatable bonds is 6. The molecule has 0 aliphatic carbocycles. The van der Waals surface area contributed by atoms with Crippen molar-refractivity contribution in [3.8, 4) is 0 Å². The van der Waals surface area contributed by atoms with Crippen LogP contribution in [0.3, 0.4) is 0 Å². The standard InChI is InChI=1S/C13H16ClN3O4/c1-15-13(21)16-11(18)5-6-17(8-12(19)20)10-4-2-3-9(14)7-10/h2-4,7H,5-6,8H2,1H3,(H,19,20)(H2,15,16,18,21). The molecule has 1 aromatic rings. The van der Waals surface area contributed by atoms with Gasteiger partial charge in [-0.2, -0.15) is 0 Å². The Balaban J connectivity index is 2.69. The molecule has 21 heavy (non-hydrogen) atoms. The maximum absolute atomic E-state index is 11.5. The Labute approximate surface area is 126 Å². The van der Waals surface area contributed by atoms with Gasteiger partial charge in [0.2, 0.25) is 5.91 Å². The number of nitrogens with zero attached hydrogens (tertiary/aromatic N) is 1. The molecule has 0 bridgehead atoms. The van der Waals surface area contributed by atoms with Crippen LogP contribution in [0.25, 0.3) is 0 Å². The summed E-state index contributed by atoms with van der Waals surface area (Å²) in [5.41, 5.74) is 0.595. The summed E-state index contributed by atoms with van der Waals surface area (Å²) in [6.07, 6.45) is -0.0206. The Morgan fingerprint density at radius 3 is 2.62 bits per heavy atom. The number of carbonyl (C=O) groups excluding carboxylic acids is 2. The molecule has 1 rings (SSSR count). The van der Waals surface area contributed by atoms with Crippen LogP contribution in [0.4, 0.5) is 10.5 Å². The van der Waals surface area contributed by atoms with Crippen LogP contribution in [-0.4, -0.2) is 43.2 Å². The highest BCUT2D eigenvalue weighted by molar-refractivity contribution is 6.30. The van der Waals surface area contributed by atoms with Gasteiger partial charge in [0.05, 0.1) is 0 Å². The minimum absolute atomic E-state index is 0.0206. The average Bonchev–Trinajstić information content (AvgIpc) is 2.42. The van der Waals surface area contributed by atoms with Gasteiger partial charge in [-0.25, -0.2) is 4.79 Å². The normalized spacial score (nSPS) is 9.81. The van der Waals surface area contributed by atoms with Gasteiger partial charge in [-0.15, -0.1) is 0 Å². The van der Waals surface area contributed by atoms with Crippen LogP contribution in [-0.2, 0) is 9.59 Å². The first-order valence-electron chi connectivity index (χ1n) is 6.16. The van der Waals surface area contributed by atoms with Crippen molar-refractivity contribution in [3.63, 3.8) is 0 Å². The summed E-state index contributed by atoms with van der Waals surface area (Å²) in [6.45, 7) is -0.122. The lowest BCUT2D eigenvalue weighted by molar-refractivity contribution is -0.135. The Morgan fingerprint density at radius 2 is 2.05 bits per heavy atom. The van der Waals surface area contributed by atoms with E-state index in [0.29, 0.717) is 10.7 Å². The number of carbonyl (C=O) groups is 3. The molecule has 0 spiro atoms. The van der Waals surface area contributed by atoms with E-state index in [0.717, 1.165) is 0 Å². The van der Waals surface area contributed by atoms with E-state index in [4.69, 9.17) is 16.7 Å². The minimum atomic E-state index is -1.03. The predicted molar refractivity (Wildman–Crippen MR) is 78.5 cm³/mol. The molecule has 0 heterocycles. The van der Waals surface area contributed by atoms with Gasteiger partial charge in [-0.3, -0.25) is 14.9 Å². The second-order valence-electron chi connectivity index (χ2n) is 4.17. The van der Waals surface area contributed by atoms with Crippen molar-refractivity contribution in [1.82, 2.24) is 10.6 Å². The van der Waals surface area contributed by atoms with Crippen molar-refractivity contribution in [2.24, 2.45) is 0 Å². The number of urea groups is 1. The zero-order chi connectivity index (χ0) is 15.8. The second-order valence-corrected chi connectivity index (χ2v) is 4.61. The topological polar surface area (TPSA) is 98.7 Å². The molecule has 0 fully saturated rings. The van der Waals surface area contributed by atoms with E-state index in [-0.39, 0.29) is 19.5 Å². The van der Waals surface area contributed by atoms with Crippen molar-refractivity contribution in [2.75, 3.05) is 25.0 Å². The van der Waals surface area contributed by atoms with Crippen LogP contribution in [0.2, 0.25) is 5.02 Å². The van der Waals surface area contributed by atoms with Gasteiger partial charge in [0.15, 0.2) is 0 Å². The largest absolute Gasteiger partial charge is 0.480 e. The van der Waals surface area contributed by atoms with E-state index in [1.807, 2.05) is 0 Å². The number of benzene rings is 1. The third kappa shape index (κ3) is 6.13. The maximum Gasteiger partial charge on any atom is 0.323 e. The van der Waals surface area contributed by atoms with E-state index < -0.39 is 17.9 Å². The number of carboxylic acids is 1. The minimum Gasteiger partial charge on any atom is -0.480 e. The van der Waals surface area contributed by atoms with E-state index in [9.17, 15) is 14.4 Å². The summed E-state index contributed by atoms with van der Waals surface area (Å²) in [6, 6.07) is 6.07. The lowest BCUT2D eigenvalue weighted by atomic mass is 10.2. The molecule has 114 valence electrons. The zero-order valence-electron chi connectivity index (χ0n) is 11.4. The first kappa shape index (κ1) is 16.8. The van der Waals surface area contributed by atoms with Crippen molar-refractivity contribution >= 4 is 35.2 Å². The summed E-state index contributed by atoms with van der Waals surface area (Å²) in [7, 11) is 1.39. The number of anilines is 1. The number of aliphatic carboxylic acids is 1. The van der Waals surface area contributed by atoms with Crippen LogP contribution in [0.5, 0.6) is 0 Å². The molecule has 7 nitrogen and oxygen atoms in total. The van der Waals surface area contributed by atoms with Crippen LogP contribution < -0.4 is 15.5 Å². The quantitative estimate of drug-likeness (QED) is 0.730. The van der Waals surface area contributed by atoms with Gasteiger partial charge >= 0.3 is 12.0 Å². The highest BCUT2D eigenvalue weighted by Gasteiger charge is 2.14. The maximum atomic E-state index is 11.5. The lowest BCUT2D eigenvalue weighted by Crippen LogP contribution is -2.40. The van der Waals surface area contributed by atoms with Gasteiger partial charge in [0, 0.05) is 30.7 Å². The molecular weight excluding hydrogens is 298 g/mol. The molecule has 0 atom stereocenters. The molecule has 0 saturated heterocycles. The Kier molecular flexibility index (Phi) is 6.48. The van der Waals surface area contributed by atoms with E-state index in [2.05, 4.69) is 10.6 Å². The fraction of sp³-hybridized carbons (Fsp3) is 0.308. The van der Waals surface area contributed by atoms with Crippen LogP contribution in [0.15, 0.2) is 24.3 Å². The number of nitrogens with one attached hydrogen (secondary N) is 2. The van der Waals surface area contributed by atoms with E-state index >= 15 is 0 Å². The molecule has 0 aromatic heterocycles. The van der Waals surface area contributed by atoms with Gasteiger partial charge in [0.1, 0.15) is 6.54 Å². The lowest BCUT2D eigenvalue weighted by Gasteiger charge is -2.22. The number of hydrogen-bond donors (Lipinski definition) is 3. The Hall–Kier alpha value is -2.28. The number of halogens is 1. The molecule has 0 aliphatic rings. The Bertz CT molecular complexity index is 536. The zero-order valence-corrected chi connectivity index (χ0v) is 12.2. The fourth-order valence-electron chi connectivity index (χ4n) is 1.62. The van der Waals surface area contributed by atoms with Crippen LogP contribution >= 0.6 is 11.6 Å². The number of carboxylic acid groups (broad SMARTS) is 1.